The SMILES string of the molecule is O=C(Nc1ccc(Br)c(C(F)(F)F)c1)N1CCOCC1. The molecule has 1 fully saturated rings. The number of carbonyl (C=O) groups excluding carboxylic acids is 1. The molecule has 2 amide bonds. The van der Waals surface area contributed by atoms with Gasteiger partial charge in [0.25, 0.3) is 0 Å². The molecule has 1 aromatic carbocycles. The van der Waals surface area contributed by atoms with Gasteiger partial charge in [0.15, 0.2) is 0 Å². The normalized spacial score (nSPS) is 16.1. The first-order valence-corrected chi connectivity index (χ1v) is 6.67. The summed E-state index contributed by atoms with van der Waals surface area (Å²) in [5.74, 6) is 0. The van der Waals surface area contributed by atoms with Gasteiger partial charge < -0.3 is 15.0 Å². The Balaban J connectivity index is 2.11. The summed E-state index contributed by atoms with van der Waals surface area (Å²) in [6.45, 7) is 1.71. The number of amides is 2. The first kappa shape index (κ1) is 15.1. The average Bonchev–Trinajstić information content (AvgIpc) is 2.40. The van der Waals surface area contributed by atoms with Crippen LogP contribution in [0.3, 0.4) is 0 Å². The zero-order chi connectivity index (χ0) is 14.8. The van der Waals surface area contributed by atoms with Gasteiger partial charge >= 0.3 is 12.2 Å². The summed E-state index contributed by atoms with van der Waals surface area (Å²) in [7, 11) is 0. The van der Waals surface area contributed by atoms with Crippen LogP contribution in [0.25, 0.3) is 0 Å². The van der Waals surface area contributed by atoms with E-state index in [0.29, 0.717) is 26.3 Å². The van der Waals surface area contributed by atoms with E-state index in [1.54, 1.807) is 0 Å². The fraction of sp³-hybridized carbons (Fsp3) is 0.417. The fourth-order valence-corrected chi connectivity index (χ4v) is 2.26. The number of benzene rings is 1. The van der Waals surface area contributed by atoms with Gasteiger partial charge in [0.1, 0.15) is 0 Å². The highest BCUT2D eigenvalue weighted by molar-refractivity contribution is 9.10. The third kappa shape index (κ3) is 3.63. The van der Waals surface area contributed by atoms with Gasteiger partial charge in [-0.1, -0.05) is 15.9 Å². The maximum Gasteiger partial charge on any atom is 0.417 e. The number of rotatable bonds is 1. The lowest BCUT2D eigenvalue weighted by atomic mass is 10.2. The Bertz CT molecular complexity index is 502. The van der Waals surface area contributed by atoms with Gasteiger partial charge in [0.2, 0.25) is 0 Å². The zero-order valence-corrected chi connectivity index (χ0v) is 11.9. The van der Waals surface area contributed by atoms with Crippen LogP contribution in [0.4, 0.5) is 23.7 Å². The quantitative estimate of drug-likeness (QED) is 0.842. The maximum atomic E-state index is 12.8. The molecule has 0 saturated carbocycles. The summed E-state index contributed by atoms with van der Waals surface area (Å²) in [5.41, 5.74) is -0.714. The van der Waals surface area contributed by atoms with E-state index in [9.17, 15) is 18.0 Å². The molecule has 4 nitrogen and oxygen atoms in total. The summed E-state index contributed by atoms with van der Waals surface area (Å²) in [4.78, 5) is 13.4. The number of urea groups is 1. The lowest BCUT2D eigenvalue weighted by Crippen LogP contribution is -2.43. The number of alkyl halides is 3. The molecule has 0 atom stereocenters. The van der Waals surface area contributed by atoms with Gasteiger partial charge in [-0.3, -0.25) is 0 Å². The molecule has 0 radical (unpaired) electrons. The molecule has 0 aromatic heterocycles. The molecule has 0 bridgehead atoms. The minimum atomic E-state index is -4.47. The first-order valence-electron chi connectivity index (χ1n) is 5.88. The second kappa shape index (κ2) is 6.01. The summed E-state index contributed by atoms with van der Waals surface area (Å²) >= 11 is 2.85. The predicted octanol–water partition coefficient (Wildman–Crippen LogP) is 3.33. The van der Waals surface area contributed by atoms with Crippen LogP contribution in [0.1, 0.15) is 5.56 Å². The second-order valence-electron chi connectivity index (χ2n) is 4.22. The van der Waals surface area contributed by atoms with E-state index in [1.807, 2.05) is 0 Å². The summed E-state index contributed by atoms with van der Waals surface area (Å²) < 4.78 is 43.3. The molecule has 0 aliphatic carbocycles. The van der Waals surface area contributed by atoms with E-state index in [0.717, 1.165) is 6.07 Å². The average molecular weight is 353 g/mol. The lowest BCUT2D eigenvalue weighted by molar-refractivity contribution is -0.138. The van der Waals surface area contributed by atoms with E-state index in [2.05, 4.69) is 21.2 Å². The van der Waals surface area contributed by atoms with Crippen molar-refractivity contribution in [3.05, 3.63) is 28.2 Å². The van der Waals surface area contributed by atoms with Crippen LogP contribution in [-0.2, 0) is 10.9 Å². The van der Waals surface area contributed by atoms with Gasteiger partial charge in [0, 0.05) is 23.2 Å². The third-order valence-electron chi connectivity index (χ3n) is 2.82. The lowest BCUT2D eigenvalue weighted by Gasteiger charge is -2.27. The number of ether oxygens (including phenoxy) is 1. The number of nitrogens with one attached hydrogen (secondary N) is 1. The molecule has 1 N–H and O–H groups in total. The van der Waals surface area contributed by atoms with Crippen molar-refractivity contribution in [3.8, 4) is 0 Å². The summed E-state index contributed by atoms with van der Waals surface area (Å²) in [6.07, 6.45) is -4.47. The van der Waals surface area contributed by atoms with Crippen LogP contribution in [0.2, 0.25) is 0 Å². The Hall–Kier alpha value is -1.28. The van der Waals surface area contributed by atoms with Crippen LogP contribution in [-0.4, -0.2) is 37.2 Å². The van der Waals surface area contributed by atoms with Gasteiger partial charge in [-0.25, -0.2) is 4.79 Å². The Morgan fingerprint density at radius 2 is 1.95 bits per heavy atom. The van der Waals surface area contributed by atoms with Crippen LogP contribution in [0, 0.1) is 0 Å². The van der Waals surface area contributed by atoms with E-state index in [1.165, 1.54) is 17.0 Å². The molecule has 2 rings (SSSR count). The van der Waals surface area contributed by atoms with E-state index >= 15 is 0 Å². The smallest absolute Gasteiger partial charge is 0.378 e. The van der Waals surface area contributed by atoms with E-state index in [4.69, 9.17) is 4.74 Å². The molecule has 110 valence electrons. The van der Waals surface area contributed by atoms with Crippen molar-refractivity contribution in [2.24, 2.45) is 0 Å². The van der Waals surface area contributed by atoms with E-state index in [-0.39, 0.29) is 10.2 Å². The number of carbonyl (C=O) groups is 1. The molecule has 1 saturated heterocycles. The predicted molar refractivity (Wildman–Crippen MR) is 70.6 cm³/mol. The number of nitrogens with zero attached hydrogens (tertiary/aromatic N) is 1. The van der Waals surface area contributed by atoms with Crippen molar-refractivity contribution in [2.75, 3.05) is 31.6 Å². The van der Waals surface area contributed by atoms with E-state index < -0.39 is 17.8 Å². The molecular weight excluding hydrogens is 341 g/mol. The standard InChI is InChI=1S/C12H12BrF3N2O2/c13-10-2-1-8(7-9(10)12(14,15)16)17-11(19)18-3-5-20-6-4-18/h1-2,7H,3-6H2,(H,17,19). The van der Waals surface area contributed by atoms with Gasteiger partial charge in [-0.2, -0.15) is 13.2 Å². The largest absolute Gasteiger partial charge is 0.417 e. The highest BCUT2D eigenvalue weighted by Gasteiger charge is 2.33. The Labute approximate surface area is 122 Å². The van der Waals surface area contributed by atoms with Crippen molar-refractivity contribution in [1.29, 1.82) is 0 Å². The molecule has 1 aliphatic rings. The highest BCUT2D eigenvalue weighted by atomic mass is 79.9. The van der Waals surface area contributed by atoms with Crippen molar-refractivity contribution in [2.45, 2.75) is 6.18 Å². The van der Waals surface area contributed by atoms with Crippen LogP contribution in [0.5, 0.6) is 0 Å². The van der Waals surface area contributed by atoms with Crippen molar-refractivity contribution < 1.29 is 22.7 Å². The number of morpholine rings is 1. The maximum absolute atomic E-state index is 12.8. The number of hydrogen-bond donors (Lipinski definition) is 1. The molecular formula is C12H12BrF3N2O2. The minimum absolute atomic E-state index is 0.0608. The monoisotopic (exact) mass is 352 g/mol. The number of anilines is 1. The Morgan fingerprint density at radius 1 is 1.30 bits per heavy atom. The second-order valence-corrected chi connectivity index (χ2v) is 5.08. The Morgan fingerprint density at radius 3 is 2.55 bits per heavy atom. The molecule has 1 heterocycles. The van der Waals surface area contributed by atoms with Crippen molar-refractivity contribution >= 4 is 27.6 Å². The van der Waals surface area contributed by atoms with Gasteiger partial charge in [-0.15, -0.1) is 0 Å². The summed E-state index contributed by atoms with van der Waals surface area (Å²) in [5, 5.41) is 2.46. The molecule has 8 heteroatoms. The van der Waals surface area contributed by atoms with Crippen LogP contribution in [0.15, 0.2) is 22.7 Å². The zero-order valence-electron chi connectivity index (χ0n) is 10.3. The van der Waals surface area contributed by atoms with Crippen LogP contribution >= 0.6 is 15.9 Å². The van der Waals surface area contributed by atoms with Crippen molar-refractivity contribution in [3.63, 3.8) is 0 Å². The van der Waals surface area contributed by atoms with Gasteiger partial charge in [-0.05, 0) is 18.2 Å². The molecule has 1 aromatic rings. The first-order chi connectivity index (χ1) is 9.38. The summed E-state index contributed by atoms with van der Waals surface area (Å²) in [6, 6.07) is 3.15. The third-order valence-corrected chi connectivity index (χ3v) is 3.51. The fourth-order valence-electron chi connectivity index (χ4n) is 1.79. The Kier molecular flexibility index (Phi) is 4.54. The van der Waals surface area contributed by atoms with Gasteiger partial charge in [0.05, 0.1) is 18.8 Å². The molecule has 1 aliphatic heterocycles. The molecule has 20 heavy (non-hydrogen) atoms. The minimum Gasteiger partial charge on any atom is -0.378 e. The molecule has 0 unspecified atom stereocenters. The highest BCUT2D eigenvalue weighted by Crippen LogP contribution is 2.36. The topological polar surface area (TPSA) is 41.6 Å². The number of halogens is 4. The number of hydrogen-bond acceptors (Lipinski definition) is 2. The van der Waals surface area contributed by atoms with Crippen molar-refractivity contribution in [1.82, 2.24) is 4.90 Å². The molecule has 0 spiro atoms. The van der Waals surface area contributed by atoms with Crippen LogP contribution < -0.4 is 5.32 Å².